The van der Waals surface area contributed by atoms with Crippen LogP contribution in [0.1, 0.15) is 13.3 Å². The molecule has 0 radical (unpaired) electrons. The van der Waals surface area contributed by atoms with Crippen molar-refractivity contribution in [3.63, 3.8) is 0 Å². The van der Waals surface area contributed by atoms with Gasteiger partial charge in [0.15, 0.2) is 11.5 Å². The summed E-state index contributed by atoms with van der Waals surface area (Å²) in [6.07, 6.45) is 0.387. The largest absolute Gasteiger partial charge is 0.494 e. The van der Waals surface area contributed by atoms with E-state index in [0.29, 0.717) is 43.3 Å². The molecule has 1 saturated heterocycles. The number of fused-ring (bicyclic) bond motifs is 1. The third kappa shape index (κ3) is 4.37. The van der Waals surface area contributed by atoms with Gasteiger partial charge in [0.25, 0.3) is 0 Å². The Labute approximate surface area is 168 Å². The van der Waals surface area contributed by atoms with E-state index in [1.807, 2.05) is 19.1 Å². The molecule has 0 bridgehead atoms. The van der Waals surface area contributed by atoms with Crippen molar-refractivity contribution in [3.8, 4) is 17.2 Å². The van der Waals surface area contributed by atoms with E-state index in [4.69, 9.17) is 14.2 Å². The second-order valence-electron chi connectivity index (χ2n) is 6.90. The van der Waals surface area contributed by atoms with Crippen molar-refractivity contribution in [2.45, 2.75) is 13.3 Å². The average molecular weight is 397 g/mol. The summed E-state index contributed by atoms with van der Waals surface area (Å²) < 4.78 is 16.1. The molecule has 152 valence electrons. The number of benzene rings is 2. The number of hydrogen-bond donors (Lipinski definition) is 2. The topological polar surface area (TPSA) is 89.1 Å². The van der Waals surface area contributed by atoms with Crippen molar-refractivity contribution in [2.75, 3.05) is 36.7 Å². The van der Waals surface area contributed by atoms with Crippen molar-refractivity contribution < 1.29 is 23.8 Å². The minimum Gasteiger partial charge on any atom is -0.494 e. The van der Waals surface area contributed by atoms with Crippen LogP contribution in [0.4, 0.5) is 16.2 Å². The van der Waals surface area contributed by atoms with Gasteiger partial charge in [-0.25, -0.2) is 4.79 Å². The van der Waals surface area contributed by atoms with Gasteiger partial charge in [-0.15, -0.1) is 0 Å². The zero-order chi connectivity index (χ0) is 20.2. The lowest BCUT2D eigenvalue weighted by Crippen LogP contribution is -2.34. The minimum absolute atomic E-state index is 0.0302. The molecule has 3 amide bonds. The van der Waals surface area contributed by atoms with Crippen molar-refractivity contribution in [3.05, 3.63) is 42.5 Å². The molecular formula is C21H23N3O5. The van der Waals surface area contributed by atoms with E-state index in [0.717, 1.165) is 11.4 Å². The first-order valence-electron chi connectivity index (χ1n) is 9.60. The molecule has 2 aliphatic heterocycles. The van der Waals surface area contributed by atoms with Crippen LogP contribution in [0, 0.1) is 5.92 Å². The third-order valence-corrected chi connectivity index (χ3v) is 4.85. The fraction of sp³-hybridized carbons (Fsp3) is 0.333. The average Bonchev–Trinajstić information content (AvgIpc) is 3.33. The summed E-state index contributed by atoms with van der Waals surface area (Å²) in [6.45, 7) is 3.66. The van der Waals surface area contributed by atoms with Crippen molar-refractivity contribution in [1.82, 2.24) is 5.32 Å². The number of nitrogens with zero attached hydrogens (tertiary/aromatic N) is 1. The van der Waals surface area contributed by atoms with Gasteiger partial charge in [0.2, 0.25) is 12.7 Å². The molecule has 1 unspecified atom stereocenters. The van der Waals surface area contributed by atoms with Crippen LogP contribution in [0.15, 0.2) is 42.5 Å². The van der Waals surface area contributed by atoms with E-state index in [1.54, 1.807) is 35.2 Å². The number of rotatable bonds is 6. The van der Waals surface area contributed by atoms with Gasteiger partial charge >= 0.3 is 6.03 Å². The SMILES string of the molecule is CCOc1ccc(NC(=O)NCC2CC(=O)N(c3ccc4c(c3)OCO4)C2)cc1. The Morgan fingerprint density at radius 3 is 2.76 bits per heavy atom. The van der Waals surface area contributed by atoms with Crippen LogP contribution < -0.4 is 29.7 Å². The molecule has 8 nitrogen and oxygen atoms in total. The standard InChI is InChI=1S/C21H23N3O5/c1-2-27-17-6-3-15(4-7-17)23-21(26)22-11-14-9-20(25)24(12-14)16-5-8-18-19(10-16)29-13-28-18/h3-8,10,14H,2,9,11-13H2,1H3,(H2,22,23,26). The number of carbonyl (C=O) groups is 2. The molecule has 0 saturated carbocycles. The molecule has 0 spiro atoms. The molecule has 4 rings (SSSR count). The Morgan fingerprint density at radius 1 is 1.17 bits per heavy atom. The van der Waals surface area contributed by atoms with Crippen LogP contribution in [0.3, 0.4) is 0 Å². The number of ether oxygens (including phenoxy) is 3. The number of nitrogens with one attached hydrogen (secondary N) is 2. The second-order valence-corrected chi connectivity index (χ2v) is 6.90. The molecule has 2 aromatic rings. The smallest absolute Gasteiger partial charge is 0.319 e. The van der Waals surface area contributed by atoms with Gasteiger partial charge in [-0.05, 0) is 43.3 Å². The molecule has 2 heterocycles. The van der Waals surface area contributed by atoms with E-state index in [1.165, 1.54) is 0 Å². The quantitative estimate of drug-likeness (QED) is 0.782. The minimum atomic E-state index is -0.303. The Kier molecular flexibility index (Phi) is 5.41. The lowest BCUT2D eigenvalue weighted by atomic mass is 10.1. The van der Waals surface area contributed by atoms with Crippen LogP contribution in [-0.2, 0) is 4.79 Å². The van der Waals surface area contributed by atoms with Crippen LogP contribution >= 0.6 is 0 Å². The first-order valence-corrected chi connectivity index (χ1v) is 9.60. The van der Waals surface area contributed by atoms with E-state index < -0.39 is 0 Å². The predicted molar refractivity (Wildman–Crippen MR) is 108 cm³/mol. The normalized spacial score (nSPS) is 17.3. The maximum Gasteiger partial charge on any atom is 0.319 e. The Bertz CT molecular complexity index is 900. The number of hydrogen-bond acceptors (Lipinski definition) is 5. The highest BCUT2D eigenvalue weighted by atomic mass is 16.7. The van der Waals surface area contributed by atoms with Crippen molar-refractivity contribution in [1.29, 1.82) is 0 Å². The lowest BCUT2D eigenvalue weighted by Gasteiger charge is -2.17. The Balaban J connectivity index is 1.28. The van der Waals surface area contributed by atoms with Crippen molar-refractivity contribution in [2.24, 2.45) is 5.92 Å². The van der Waals surface area contributed by atoms with Gasteiger partial charge in [0.1, 0.15) is 5.75 Å². The highest BCUT2D eigenvalue weighted by Gasteiger charge is 2.31. The van der Waals surface area contributed by atoms with Crippen LogP contribution in [0.2, 0.25) is 0 Å². The summed E-state index contributed by atoms with van der Waals surface area (Å²) in [6, 6.07) is 12.3. The van der Waals surface area contributed by atoms with Gasteiger partial charge in [-0.1, -0.05) is 0 Å². The molecular weight excluding hydrogens is 374 g/mol. The summed E-state index contributed by atoms with van der Waals surface area (Å²) in [5, 5.41) is 5.63. The van der Waals surface area contributed by atoms with Crippen LogP contribution in [0.25, 0.3) is 0 Å². The maximum absolute atomic E-state index is 12.4. The Morgan fingerprint density at radius 2 is 1.97 bits per heavy atom. The van der Waals surface area contributed by atoms with Gasteiger partial charge in [-0.2, -0.15) is 0 Å². The number of amides is 3. The number of urea groups is 1. The second kappa shape index (κ2) is 8.30. The van der Waals surface area contributed by atoms with Crippen LogP contribution in [0.5, 0.6) is 17.2 Å². The Hall–Kier alpha value is -3.42. The molecule has 1 atom stereocenters. The molecule has 2 N–H and O–H groups in total. The fourth-order valence-electron chi connectivity index (χ4n) is 3.43. The van der Waals surface area contributed by atoms with E-state index in [9.17, 15) is 9.59 Å². The first kappa shape index (κ1) is 18.9. The zero-order valence-corrected chi connectivity index (χ0v) is 16.1. The molecule has 29 heavy (non-hydrogen) atoms. The molecule has 0 aromatic heterocycles. The molecule has 2 aromatic carbocycles. The summed E-state index contributed by atoms with van der Waals surface area (Å²) in [7, 11) is 0. The first-order chi connectivity index (χ1) is 14.1. The van der Waals surface area contributed by atoms with E-state index in [2.05, 4.69) is 10.6 Å². The zero-order valence-electron chi connectivity index (χ0n) is 16.1. The van der Waals surface area contributed by atoms with Gasteiger partial charge in [0.05, 0.1) is 6.61 Å². The van der Waals surface area contributed by atoms with Crippen molar-refractivity contribution >= 4 is 23.3 Å². The highest BCUT2D eigenvalue weighted by molar-refractivity contribution is 5.96. The number of anilines is 2. The summed E-state index contributed by atoms with van der Waals surface area (Å²) in [5.41, 5.74) is 1.45. The predicted octanol–water partition coefficient (Wildman–Crippen LogP) is 2.99. The monoisotopic (exact) mass is 397 g/mol. The van der Waals surface area contributed by atoms with E-state index in [-0.39, 0.29) is 24.6 Å². The third-order valence-electron chi connectivity index (χ3n) is 4.85. The fourth-order valence-corrected chi connectivity index (χ4v) is 3.43. The molecule has 2 aliphatic rings. The van der Waals surface area contributed by atoms with E-state index >= 15 is 0 Å². The highest BCUT2D eigenvalue weighted by Crippen LogP contribution is 2.37. The summed E-state index contributed by atoms with van der Waals surface area (Å²) >= 11 is 0. The molecule has 8 heteroatoms. The van der Waals surface area contributed by atoms with Gasteiger partial charge < -0.3 is 29.7 Å². The molecule has 0 aliphatic carbocycles. The molecule has 1 fully saturated rings. The van der Waals surface area contributed by atoms with Crippen LogP contribution in [-0.4, -0.2) is 38.4 Å². The van der Waals surface area contributed by atoms with Gasteiger partial charge in [-0.3, -0.25) is 4.79 Å². The summed E-state index contributed by atoms with van der Waals surface area (Å²) in [5.74, 6) is 2.16. The summed E-state index contributed by atoms with van der Waals surface area (Å²) in [4.78, 5) is 26.3. The maximum atomic E-state index is 12.4. The van der Waals surface area contributed by atoms with Gasteiger partial charge in [0, 0.05) is 42.9 Å². The lowest BCUT2D eigenvalue weighted by molar-refractivity contribution is -0.117. The number of carbonyl (C=O) groups excluding carboxylic acids is 2.